The van der Waals surface area contributed by atoms with Crippen LogP contribution in [0.15, 0.2) is 48.4 Å². The summed E-state index contributed by atoms with van der Waals surface area (Å²) in [6.07, 6.45) is 1.67. The third kappa shape index (κ3) is 4.63. The molecule has 0 amide bonds. The van der Waals surface area contributed by atoms with Gasteiger partial charge in [0.2, 0.25) is 0 Å². The van der Waals surface area contributed by atoms with Crippen LogP contribution in [0.3, 0.4) is 0 Å². The Morgan fingerprint density at radius 3 is 2.53 bits per heavy atom. The number of hydrogen-bond donors (Lipinski definition) is 1. The normalized spacial score (nSPS) is 10.7. The zero-order valence-corrected chi connectivity index (χ0v) is 14.7. The first-order chi connectivity index (χ1) is 9.16. The van der Waals surface area contributed by atoms with Crippen molar-refractivity contribution in [2.45, 2.75) is 6.54 Å². The minimum Gasteiger partial charge on any atom is -0.490 e. The first-order valence-corrected chi connectivity index (χ1v) is 8.05. The lowest BCUT2D eigenvalue weighted by Crippen LogP contribution is -2.20. The second-order valence-corrected chi connectivity index (χ2v) is 6.43. The second kappa shape index (κ2) is 7.47. The Kier molecular flexibility index (Phi) is 5.94. The van der Waals surface area contributed by atoms with Crippen molar-refractivity contribution in [1.82, 2.24) is 5.32 Å². The van der Waals surface area contributed by atoms with Crippen molar-refractivity contribution in [1.29, 1.82) is 0 Å². The van der Waals surface area contributed by atoms with Crippen LogP contribution in [0.1, 0.15) is 5.76 Å². The number of rotatable bonds is 6. The molecule has 0 unspecified atom stereocenters. The lowest BCUT2D eigenvalue weighted by atomic mass is 10.3. The summed E-state index contributed by atoms with van der Waals surface area (Å²) in [4.78, 5) is 0. The quantitative estimate of drug-likeness (QED) is 0.642. The largest absolute Gasteiger partial charge is 0.490 e. The van der Waals surface area contributed by atoms with Crippen molar-refractivity contribution < 1.29 is 9.15 Å². The van der Waals surface area contributed by atoms with Crippen LogP contribution in [-0.4, -0.2) is 13.2 Å². The van der Waals surface area contributed by atoms with E-state index < -0.39 is 0 Å². The molecule has 0 spiro atoms. The van der Waals surface area contributed by atoms with Crippen molar-refractivity contribution in [2.75, 3.05) is 13.2 Å². The summed E-state index contributed by atoms with van der Waals surface area (Å²) in [7, 11) is 0. The van der Waals surface area contributed by atoms with Gasteiger partial charge in [-0.2, -0.15) is 0 Å². The van der Waals surface area contributed by atoms with Crippen molar-refractivity contribution in [3.63, 3.8) is 0 Å². The molecule has 2 rings (SSSR count). The molecule has 0 atom stereocenters. The average Bonchev–Trinajstić information content (AvgIpc) is 2.84. The number of hydrogen-bond acceptors (Lipinski definition) is 3. The number of halogens is 3. The van der Waals surface area contributed by atoms with Gasteiger partial charge < -0.3 is 14.5 Å². The summed E-state index contributed by atoms with van der Waals surface area (Å²) in [6, 6.07) is 7.73. The van der Waals surface area contributed by atoms with Crippen LogP contribution in [-0.2, 0) is 6.54 Å². The molecule has 3 nitrogen and oxygen atoms in total. The van der Waals surface area contributed by atoms with Crippen molar-refractivity contribution in [3.8, 4) is 5.75 Å². The molecule has 1 heterocycles. The van der Waals surface area contributed by atoms with E-state index in [4.69, 9.17) is 9.15 Å². The summed E-state index contributed by atoms with van der Waals surface area (Å²) < 4.78 is 13.8. The molecule has 0 saturated carbocycles. The molecule has 0 fully saturated rings. The van der Waals surface area contributed by atoms with Crippen LogP contribution in [0, 0.1) is 0 Å². The van der Waals surface area contributed by atoms with Crippen LogP contribution < -0.4 is 10.1 Å². The molecular weight excluding hydrogens is 442 g/mol. The monoisotopic (exact) mass is 451 g/mol. The van der Waals surface area contributed by atoms with E-state index in [2.05, 4.69) is 53.1 Å². The molecule has 102 valence electrons. The summed E-state index contributed by atoms with van der Waals surface area (Å²) in [6.45, 7) is 2.04. The van der Waals surface area contributed by atoms with E-state index in [1.165, 1.54) is 0 Å². The molecule has 0 aliphatic heterocycles. The molecule has 19 heavy (non-hydrogen) atoms. The molecule has 0 aliphatic rings. The lowest BCUT2D eigenvalue weighted by Gasteiger charge is -2.11. The Hall–Kier alpha value is -0.300. The van der Waals surface area contributed by atoms with Crippen LogP contribution >= 0.6 is 47.8 Å². The molecule has 0 saturated heterocycles. The smallest absolute Gasteiger partial charge is 0.147 e. The van der Waals surface area contributed by atoms with Crippen LogP contribution in [0.5, 0.6) is 5.75 Å². The Morgan fingerprint density at radius 2 is 1.89 bits per heavy atom. The van der Waals surface area contributed by atoms with Gasteiger partial charge in [-0.25, -0.2) is 0 Å². The highest BCUT2D eigenvalue weighted by molar-refractivity contribution is 9.11. The van der Waals surface area contributed by atoms with Gasteiger partial charge in [0.05, 0.1) is 21.8 Å². The van der Waals surface area contributed by atoms with Crippen LogP contribution in [0.25, 0.3) is 0 Å². The molecule has 0 bridgehead atoms. The average molecular weight is 454 g/mol. The van der Waals surface area contributed by atoms with Gasteiger partial charge in [0.1, 0.15) is 18.1 Å². The van der Waals surface area contributed by atoms with E-state index in [0.29, 0.717) is 13.2 Å². The van der Waals surface area contributed by atoms with Gasteiger partial charge >= 0.3 is 0 Å². The topological polar surface area (TPSA) is 34.4 Å². The zero-order valence-electron chi connectivity index (χ0n) is 9.96. The number of furan rings is 1. The van der Waals surface area contributed by atoms with Gasteiger partial charge in [-0.15, -0.1) is 0 Å². The highest BCUT2D eigenvalue weighted by Gasteiger charge is 2.07. The fraction of sp³-hybridized carbons (Fsp3) is 0.231. The second-order valence-electron chi connectivity index (χ2n) is 3.80. The van der Waals surface area contributed by atoms with Crippen LogP contribution in [0.4, 0.5) is 0 Å². The maximum absolute atomic E-state index is 5.73. The molecule has 6 heteroatoms. The Bertz CT molecular complexity index is 506. The number of benzene rings is 1. The first-order valence-electron chi connectivity index (χ1n) is 5.67. The number of ether oxygens (including phenoxy) is 1. The lowest BCUT2D eigenvalue weighted by molar-refractivity contribution is 0.307. The van der Waals surface area contributed by atoms with Gasteiger partial charge in [0, 0.05) is 11.0 Å². The van der Waals surface area contributed by atoms with Crippen molar-refractivity contribution in [3.05, 3.63) is 49.7 Å². The molecule has 2 aromatic rings. The highest BCUT2D eigenvalue weighted by Crippen LogP contribution is 2.36. The molecule has 1 aromatic heterocycles. The van der Waals surface area contributed by atoms with Crippen molar-refractivity contribution >= 4 is 47.8 Å². The predicted octanol–water partition coefficient (Wildman–Crippen LogP) is 4.74. The molecule has 0 aliphatic carbocycles. The van der Waals surface area contributed by atoms with Crippen LogP contribution in [0.2, 0.25) is 0 Å². The predicted molar refractivity (Wildman–Crippen MR) is 85.5 cm³/mol. The van der Waals surface area contributed by atoms with E-state index >= 15 is 0 Å². The summed E-state index contributed by atoms with van der Waals surface area (Å²) in [5.41, 5.74) is 0. The Balaban J connectivity index is 1.77. The highest BCUT2D eigenvalue weighted by atomic mass is 79.9. The minimum absolute atomic E-state index is 0.583. The third-order valence-electron chi connectivity index (χ3n) is 2.37. The Morgan fingerprint density at radius 1 is 1.16 bits per heavy atom. The molecule has 0 radical (unpaired) electrons. The Labute approximate surface area is 137 Å². The number of nitrogens with one attached hydrogen (secondary N) is 1. The van der Waals surface area contributed by atoms with Crippen molar-refractivity contribution in [2.24, 2.45) is 0 Å². The SMILES string of the molecule is Brc1cc(Br)c(OCCNCc2ccco2)c(Br)c1. The first kappa shape index (κ1) is 15.1. The van der Waals surface area contributed by atoms with E-state index in [0.717, 1.165) is 31.5 Å². The summed E-state index contributed by atoms with van der Waals surface area (Å²) >= 11 is 10.4. The van der Waals surface area contributed by atoms with Gasteiger partial charge in [-0.05, 0) is 56.1 Å². The van der Waals surface area contributed by atoms with Gasteiger partial charge in [0.25, 0.3) is 0 Å². The third-order valence-corrected chi connectivity index (χ3v) is 4.00. The van der Waals surface area contributed by atoms with E-state index in [9.17, 15) is 0 Å². The molecule has 1 aromatic carbocycles. The maximum atomic E-state index is 5.73. The minimum atomic E-state index is 0.583. The maximum Gasteiger partial charge on any atom is 0.147 e. The summed E-state index contributed by atoms with van der Waals surface area (Å²) in [5.74, 6) is 1.73. The van der Waals surface area contributed by atoms with Gasteiger partial charge in [-0.3, -0.25) is 0 Å². The molecular formula is C13H12Br3NO2. The molecule has 1 N–H and O–H groups in total. The standard InChI is InChI=1S/C13H12Br3NO2/c14-9-6-11(15)13(12(16)7-9)19-5-3-17-8-10-2-1-4-18-10/h1-2,4,6-7,17H,3,5,8H2. The van der Waals surface area contributed by atoms with Gasteiger partial charge in [0.15, 0.2) is 0 Å². The fourth-order valence-corrected chi connectivity index (χ4v) is 4.00. The fourth-order valence-electron chi connectivity index (χ4n) is 1.52. The van der Waals surface area contributed by atoms with E-state index in [1.54, 1.807) is 6.26 Å². The van der Waals surface area contributed by atoms with E-state index in [-0.39, 0.29) is 0 Å². The summed E-state index contributed by atoms with van der Waals surface area (Å²) in [5, 5.41) is 3.25. The zero-order chi connectivity index (χ0) is 13.7. The van der Waals surface area contributed by atoms with Gasteiger partial charge in [-0.1, -0.05) is 15.9 Å². The van der Waals surface area contributed by atoms with E-state index in [1.807, 2.05) is 24.3 Å².